The van der Waals surface area contributed by atoms with Crippen molar-refractivity contribution in [3.63, 3.8) is 0 Å². The number of benzene rings is 2. The Labute approximate surface area is 256 Å². The summed E-state index contributed by atoms with van der Waals surface area (Å²) in [7, 11) is 0. The second-order valence-corrected chi connectivity index (χ2v) is 12.9. The normalized spacial score (nSPS) is 17.3. The number of H-pyrrole nitrogens is 1. The zero-order valence-corrected chi connectivity index (χ0v) is 25.8. The SMILES string of the molecule is CC(=N)NCC[C@@H]1CCC[C@@H](c2ccc(-n3cc4cc(-c5cc(CCC(C)(C)CN)cc(Cl)c5F)[nH]c4nc3=O)cc2)N1. The fourth-order valence-electron chi connectivity index (χ4n) is 5.71. The van der Waals surface area contributed by atoms with Gasteiger partial charge in [0.15, 0.2) is 5.82 Å². The van der Waals surface area contributed by atoms with Gasteiger partial charge in [-0.15, -0.1) is 0 Å². The zero-order chi connectivity index (χ0) is 30.7. The van der Waals surface area contributed by atoms with Crippen molar-refractivity contribution < 1.29 is 4.39 Å². The summed E-state index contributed by atoms with van der Waals surface area (Å²) in [5, 5.41) is 15.1. The number of aromatic nitrogens is 3. The molecule has 8 nitrogen and oxygen atoms in total. The lowest BCUT2D eigenvalue weighted by molar-refractivity contribution is 0.312. The van der Waals surface area contributed by atoms with Gasteiger partial charge >= 0.3 is 5.69 Å². The van der Waals surface area contributed by atoms with E-state index in [1.54, 1.807) is 31.3 Å². The first kappa shape index (κ1) is 30.9. The van der Waals surface area contributed by atoms with Crippen LogP contribution in [0.15, 0.2) is 53.5 Å². The number of hydrogen-bond donors (Lipinski definition) is 5. The van der Waals surface area contributed by atoms with Gasteiger partial charge in [0.2, 0.25) is 0 Å². The van der Waals surface area contributed by atoms with Crippen molar-refractivity contribution in [3.05, 3.63) is 81.1 Å². The number of nitrogens with two attached hydrogens (primary N) is 1. The van der Waals surface area contributed by atoms with E-state index in [1.807, 2.05) is 12.1 Å². The monoisotopic (exact) mass is 605 g/mol. The van der Waals surface area contributed by atoms with E-state index in [-0.39, 0.29) is 16.5 Å². The molecule has 228 valence electrons. The number of fused-ring (bicyclic) bond motifs is 1. The van der Waals surface area contributed by atoms with Crippen LogP contribution in [0.3, 0.4) is 0 Å². The number of piperidine rings is 1. The average molecular weight is 606 g/mol. The lowest BCUT2D eigenvalue weighted by Gasteiger charge is -2.31. The molecule has 1 aliphatic rings. The minimum atomic E-state index is -0.513. The molecule has 0 spiro atoms. The van der Waals surface area contributed by atoms with Crippen LogP contribution in [0.1, 0.15) is 70.0 Å². The Morgan fingerprint density at radius 2 is 2.00 bits per heavy atom. The minimum Gasteiger partial charge on any atom is -0.374 e. The van der Waals surface area contributed by atoms with Crippen molar-refractivity contribution >= 4 is 28.5 Å². The van der Waals surface area contributed by atoms with Gasteiger partial charge < -0.3 is 21.4 Å². The van der Waals surface area contributed by atoms with Crippen LogP contribution in [0.25, 0.3) is 28.0 Å². The quantitative estimate of drug-likeness (QED) is 0.108. The van der Waals surface area contributed by atoms with Crippen molar-refractivity contribution in [2.24, 2.45) is 11.1 Å². The Morgan fingerprint density at radius 1 is 1.23 bits per heavy atom. The van der Waals surface area contributed by atoms with Crippen LogP contribution >= 0.6 is 11.6 Å². The lowest BCUT2D eigenvalue weighted by Crippen LogP contribution is -2.39. The highest BCUT2D eigenvalue weighted by Gasteiger charge is 2.22. The molecule has 1 aliphatic heterocycles. The van der Waals surface area contributed by atoms with Gasteiger partial charge in [0.05, 0.1) is 22.2 Å². The zero-order valence-electron chi connectivity index (χ0n) is 25.1. The molecule has 0 unspecified atom stereocenters. The van der Waals surface area contributed by atoms with Gasteiger partial charge in [-0.2, -0.15) is 4.98 Å². The molecule has 4 aromatic rings. The van der Waals surface area contributed by atoms with Gasteiger partial charge in [-0.05, 0) is 92.4 Å². The largest absolute Gasteiger partial charge is 0.374 e. The first-order chi connectivity index (χ1) is 20.5. The molecule has 2 aromatic carbocycles. The molecule has 0 saturated carbocycles. The van der Waals surface area contributed by atoms with Gasteiger partial charge in [0.1, 0.15) is 5.65 Å². The number of rotatable bonds is 10. The summed E-state index contributed by atoms with van der Waals surface area (Å²) in [5.74, 6) is -0.0220. The molecule has 2 atom stereocenters. The predicted octanol–water partition coefficient (Wildman–Crippen LogP) is 6.25. The average Bonchev–Trinajstić information content (AvgIpc) is 3.40. The van der Waals surface area contributed by atoms with E-state index < -0.39 is 11.5 Å². The standard InChI is InChI=1S/C33H41ClFN7O/c1-20(37)38-14-12-24-5-4-6-28(39-24)22-7-9-25(10-8-22)42-18-23-17-29(40-31(23)41-32(42)43)26-15-21(16-27(34)30(26)35)11-13-33(2,3)19-36/h7-10,15-18,24,28,39H,4-6,11-14,19,36H2,1-3H3,(H2,37,38)(H,40,41,43)/t24-,28-/m0/s1. The Balaban J connectivity index is 1.36. The third-order valence-corrected chi connectivity index (χ3v) is 8.74. The maximum atomic E-state index is 15.2. The summed E-state index contributed by atoms with van der Waals surface area (Å²) in [6, 6.07) is 13.9. The summed E-state index contributed by atoms with van der Waals surface area (Å²) >= 11 is 6.29. The van der Waals surface area contributed by atoms with Crippen molar-refractivity contribution in [1.82, 2.24) is 25.2 Å². The molecule has 1 saturated heterocycles. The molecule has 0 bridgehead atoms. The maximum Gasteiger partial charge on any atom is 0.354 e. The lowest BCUT2D eigenvalue weighted by atomic mass is 9.86. The minimum absolute atomic E-state index is 0.0315. The smallest absolute Gasteiger partial charge is 0.354 e. The third-order valence-electron chi connectivity index (χ3n) is 8.47. The van der Waals surface area contributed by atoms with Crippen LogP contribution in [0, 0.1) is 16.6 Å². The molecule has 0 radical (unpaired) electrons. The number of halogens is 2. The Bertz CT molecular complexity index is 1660. The number of aromatic amines is 1. The van der Waals surface area contributed by atoms with E-state index in [9.17, 15) is 4.79 Å². The number of hydrogen-bond acceptors (Lipinski definition) is 5. The molecule has 1 fully saturated rings. The van der Waals surface area contributed by atoms with E-state index in [4.69, 9.17) is 22.7 Å². The molecule has 6 N–H and O–H groups in total. The molecular formula is C33H41ClFN7O. The first-order valence-corrected chi connectivity index (χ1v) is 15.4. The summed E-state index contributed by atoms with van der Waals surface area (Å²) in [5.41, 5.74) is 9.49. The molecule has 43 heavy (non-hydrogen) atoms. The predicted molar refractivity (Wildman–Crippen MR) is 173 cm³/mol. The molecular weight excluding hydrogens is 565 g/mol. The maximum absolute atomic E-state index is 15.2. The van der Waals surface area contributed by atoms with Crippen LogP contribution in [-0.2, 0) is 6.42 Å². The van der Waals surface area contributed by atoms with Gasteiger partial charge in [-0.25, -0.2) is 9.18 Å². The first-order valence-electron chi connectivity index (χ1n) is 15.0. The summed E-state index contributed by atoms with van der Waals surface area (Å²) in [4.78, 5) is 20.4. The van der Waals surface area contributed by atoms with Gasteiger partial charge in [-0.3, -0.25) is 9.98 Å². The van der Waals surface area contributed by atoms with Crippen molar-refractivity contribution in [2.45, 2.75) is 71.4 Å². The van der Waals surface area contributed by atoms with E-state index in [0.29, 0.717) is 46.4 Å². The fourth-order valence-corrected chi connectivity index (χ4v) is 5.95. The second-order valence-electron chi connectivity index (χ2n) is 12.5. The summed E-state index contributed by atoms with van der Waals surface area (Å²) < 4.78 is 16.7. The molecule has 0 aliphatic carbocycles. The van der Waals surface area contributed by atoms with Gasteiger partial charge in [0.25, 0.3) is 0 Å². The number of nitrogens with one attached hydrogen (secondary N) is 4. The Morgan fingerprint density at radius 3 is 2.72 bits per heavy atom. The summed E-state index contributed by atoms with van der Waals surface area (Å²) in [6.07, 6.45) is 7.59. The van der Waals surface area contributed by atoms with E-state index >= 15 is 4.39 Å². The van der Waals surface area contributed by atoms with Crippen LogP contribution < -0.4 is 22.1 Å². The van der Waals surface area contributed by atoms with Crippen LogP contribution in [0.2, 0.25) is 5.02 Å². The molecule has 0 amide bonds. The second kappa shape index (κ2) is 13.0. The molecule has 10 heteroatoms. The number of nitrogens with zero attached hydrogens (tertiary/aromatic N) is 2. The van der Waals surface area contributed by atoms with Crippen molar-refractivity contribution in [1.29, 1.82) is 5.41 Å². The van der Waals surface area contributed by atoms with Crippen LogP contribution in [0.4, 0.5) is 4.39 Å². The van der Waals surface area contributed by atoms with Crippen molar-refractivity contribution in [3.8, 4) is 16.9 Å². The topological polar surface area (TPSA) is 125 Å². The molecule has 2 aromatic heterocycles. The molecule has 5 rings (SSSR count). The van der Waals surface area contributed by atoms with E-state index in [0.717, 1.165) is 50.6 Å². The molecule has 3 heterocycles. The van der Waals surface area contributed by atoms with Crippen LogP contribution in [-0.4, -0.2) is 39.5 Å². The highest BCUT2D eigenvalue weighted by molar-refractivity contribution is 6.31. The van der Waals surface area contributed by atoms with E-state index in [1.165, 1.54) is 10.1 Å². The summed E-state index contributed by atoms with van der Waals surface area (Å²) in [6.45, 7) is 7.32. The van der Waals surface area contributed by atoms with E-state index in [2.05, 4.69) is 46.6 Å². The number of aryl methyl sites for hydroxylation is 1. The Hall–Kier alpha value is -3.53. The van der Waals surface area contributed by atoms with Crippen LogP contribution in [0.5, 0.6) is 0 Å². The highest BCUT2D eigenvalue weighted by Crippen LogP contribution is 2.33. The third kappa shape index (κ3) is 7.34. The number of amidine groups is 1. The van der Waals surface area contributed by atoms with Crippen molar-refractivity contribution in [2.75, 3.05) is 13.1 Å². The Kier molecular flexibility index (Phi) is 9.34. The fraction of sp³-hybridized carbons (Fsp3) is 0.424. The van der Waals surface area contributed by atoms with Gasteiger partial charge in [0, 0.05) is 35.8 Å². The van der Waals surface area contributed by atoms with Gasteiger partial charge in [-0.1, -0.05) is 44.0 Å². The highest BCUT2D eigenvalue weighted by atomic mass is 35.5.